The van der Waals surface area contributed by atoms with E-state index in [-0.39, 0.29) is 11.9 Å². The van der Waals surface area contributed by atoms with Gasteiger partial charge < -0.3 is 4.74 Å². The second-order valence-corrected chi connectivity index (χ2v) is 4.86. The van der Waals surface area contributed by atoms with Gasteiger partial charge in [-0.05, 0) is 44.4 Å². The number of benzene rings is 1. The molecular formula is C15H19NO3. The predicted octanol–water partition coefficient (Wildman–Crippen LogP) is 2.36. The summed E-state index contributed by atoms with van der Waals surface area (Å²) in [5, 5.41) is 0. The van der Waals surface area contributed by atoms with E-state index in [4.69, 9.17) is 4.74 Å². The number of hydrogen-bond acceptors (Lipinski definition) is 3. The summed E-state index contributed by atoms with van der Waals surface area (Å²) in [7, 11) is 0. The number of ether oxygens (including phenoxy) is 1. The molecule has 1 saturated heterocycles. The van der Waals surface area contributed by atoms with Gasteiger partial charge in [0.2, 0.25) is 5.91 Å². The maximum Gasteiger partial charge on any atom is 0.329 e. The van der Waals surface area contributed by atoms with Gasteiger partial charge >= 0.3 is 5.97 Å². The van der Waals surface area contributed by atoms with Crippen molar-refractivity contribution in [2.24, 2.45) is 0 Å². The molecule has 1 heterocycles. The number of carbonyl (C=O) groups excluding carboxylic acids is 2. The third-order valence-corrected chi connectivity index (χ3v) is 3.39. The van der Waals surface area contributed by atoms with Crippen LogP contribution in [-0.2, 0) is 14.3 Å². The quantitative estimate of drug-likeness (QED) is 0.785. The number of rotatable bonds is 3. The van der Waals surface area contributed by atoms with Gasteiger partial charge in [0.1, 0.15) is 6.04 Å². The van der Waals surface area contributed by atoms with Gasteiger partial charge in [-0.3, -0.25) is 9.69 Å². The highest BCUT2D eigenvalue weighted by Gasteiger charge is 2.38. The molecule has 0 aromatic heterocycles. The molecule has 0 N–H and O–H groups in total. The van der Waals surface area contributed by atoms with Gasteiger partial charge in [-0.25, -0.2) is 4.79 Å². The van der Waals surface area contributed by atoms with Crippen LogP contribution in [0.4, 0.5) is 5.69 Å². The van der Waals surface area contributed by atoms with Crippen molar-refractivity contribution in [1.82, 2.24) is 0 Å². The van der Waals surface area contributed by atoms with Crippen molar-refractivity contribution < 1.29 is 14.3 Å². The number of esters is 1. The van der Waals surface area contributed by atoms with Crippen molar-refractivity contribution in [3.8, 4) is 0 Å². The van der Waals surface area contributed by atoms with E-state index in [0.717, 1.165) is 16.8 Å². The van der Waals surface area contributed by atoms with Gasteiger partial charge in [0.25, 0.3) is 0 Å². The zero-order valence-corrected chi connectivity index (χ0v) is 11.6. The molecule has 0 spiro atoms. The molecule has 1 aromatic rings. The zero-order valence-electron chi connectivity index (χ0n) is 11.6. The fourth-order valence-corrected chi connectivity index (χ4v) is 2.43. The minimum atomic E-state index is -0.479. The maximum absolute atomic E-state index is 12.1. The van der Waals surface area contributed by atoms with Crippen LogP contribution in [0.3, 0.4) is 0 Å². The van der Waals surface area contributed by atoms with Crippen LogP contribution >= 0.6 is 0 Å². The Labute approximate surface area is 113 Å². The first-order valence-electron chi connectivity index (χ1n) is 6.60. The molecule has 0 radical (unpaired) electrons. The van der Waals surface area contributed by atoms with Crippen molar-refractivity contribution in [2.75, 3.05) is 11.5 Å². The molecule has 19 heavy (non-hydrogen) atoms. The molecule has 1 fully saturated rings. The monoisotopic (exact) mass is 261 g/mol. The Morgan fingerprint density at radius 2 is 2.16 bits per heavy atom. The molecule has 0 saturated carbocycles. The molecule has 1 aliphatic rings. The van der Waals surface area contributed by atoms with Gasteiger partial charge in [0, 0.05) is 12.1 Å². The van der Waals surface area contributed by atoms with E-state index in [9.17, 15) is 9.59 Å². The third kappa shape index (κ3) is 2.62. The van der Waals surface area contributed by atoms with E-state index in [0.29, 0.717) is 19.4 Å². The largest absolute Gasteiger partial charge is 0.464 e. The van der Waals surface area contributed by atoms with Gasteiger partial charge in [-0.1, -0.05) is 12.1 Å². The Morgan fingerprint density at radius 3 is 2.84 bits per heavy atom. The highest BCUT2D eigenvalue weighted by atomic mass is 16.5. The summed E-state index contributed by atoms with van der Waals surface area (Å²) in [4.78, 5) is 25.6. The molecule has 4 nitrogen and oxygen atoms in total. The SMILES string of the molecule is CCOC(=O)C1CCC(=O)N1c1cc(C)ccc1C. The number of aryl methyl sites for hydroxylation is 2. The van der Waals surface area contributed by atoms with Crippen LogP contribution in [0.1, 0.15) is 30.9 Å². The van der Waals surface area contributed by atoms with Crippen LogP contribution in [0.15, 0.2) is 18.2 Å². The van der Waals surface area contributed by atoms with E-state index in [1.165, 1.54) is 0 Å². The Hall–Kier alpha value is -1.84. The molecule has 1 amide bonds. The molecule has 1 aliphatic heterocycles. The summed E-state index contributed by atoms with van der Waals surface area (Å²) < 4.78 is 5.06. The van der Waals surface area contributed by atoms with Gasteiger partial charge in [0.15, 0.2) is 0 Å². The van der Waals surface area contributed by atoms with E-state index in [2.05, 4.69) is 0 Å². The lowest BCUT2D eigenvalue weighted by Crippen LogP contribution is -2.40. The number of nitrogens with zero attached hydrogens (tertiary/aromatic N) is 1. The molecular weight excluding hydrogens is 242 g/mol. The topological polar surface area (TPSA) is 46.6 Å². The number of hydrogen-bond donors (Lipinski definition) is 0. The van der Waals surface area contributed by atoms with Gasteiger partial charge in [0.05, 0.1) is 6.61 Å². The third-order valence-electron chi connectivity index (χ3n) is 3.39. The van der Waals surface area contributed by atoms with Crippen molar-refractivity contribution in [3.63, 3.8) is 0 Å². The highest BCUT2D eigenvalue weighted by molar-refractivity contribution is 6.03. The maximum atomic E-state index is 12.1. The Bertz CT molecular complexity index is 510. The van der Waals surface area contributed by atoms with Crippen molar-refractivity contribution in [1.29, 1.82) is 0 Å². The average molecular weight is 261 g/mol. The summed E-state index contributed by atoms with van der Waals surface area (Å²) in [6.45, 7) is 6.03. The molecule has 1 unspecified atom stereocenters. The fourth-order valence-electron chi connectivity index (χ4n) is 2.43. The molecule has 4 heteroatoms. The smallest absolute Gasteiger partial charge is 0.329 e. The van der Waals surface area contributed by atoms with Crippen LogP contribution in [0.25, 0.3) is 0 Å². The van der Waals surface area contributed by atoms with E-state index in [1.807, 2.05) is 32.0 Å². The number of amides is 1. The first-order valence-corrected chi connectivity index (χ1v) is 6.60. The van der Waals surface area contributed by atoms with Crippen molar-refractivity contribution >= 4 is 17.6 Å². The molecule has 1 aromatic carbocycles. The summed E-state index contributed by atoms with van der Waals surface area (Å²) in [6.07, 6.45) is 0.932. The minimum absolute atomic E-state index is 0.00764. The fraction of sp³-hybridized carbons (Fsp3) is 0.467. The average Bonchev–Trinajstić information content (AvgIpc) is 2.74. The highest BCUT2D eigenvalue weighted by Crippen LogP contribution is 2.30. The normalized spacial score (nSPS) is 18.8. The molecule has 102 valence electrons. The summed E-state index contributed by atoms with van der Waals surface area (Å²) in [5.74, 6) is -0.319. The number of anilines is 1. The lowest BCUT2D eigenvalue weighted by atomic mass is 10.1. The van der Waals surface area contributed by atoms with Crippen LogP contribution in [0.5, 0.6) is 0 Å². The molecule has 2 rings (SSSR count). The first-order chi connectivity index (χ1) is 9.04. The van der Waals surface area contributed by atoms with Crippen LogP contribution < -0.4 is 4.90 Å². The lowest BCUT2D eigenvalue weighted by molar-refractivity contribution is -0.144. The molecule has 0 aliphatic carbocycles. The zero-order chi connectivity index (χ0) is 14.0. The van der Waals surface area contributed by atoms with Gasteiger partial charge in [-0.15, -0.1) is 0 Å². The van der Waals surface area contributed by atoms with Gasteiger partial charge in [-0.2, -0.15) is 0 Å². The van der Waals surface area contributed by atoms with Crippen LogP contribution in [0, 0.1) is 13.8 Å². The summed E-state index contributed by atoms with van der Waals surface area (Å²) in [5.41, 5.74) is 2.89. The lowest BCUT2D eigenvalue weighted by Gasteiger charge is -2.25. The molecule has 0 bridgehead atoms. The standard InChI is InChI=1S/C15H19NO3/c1-4-19-15(18)12-7-8-14(17)16(12)13-9-10(2)5-6-11(13)3/h5-6,9,12H,4,7-8H2,1-3H3. The summed E-state index contributed by atoms with van der Waals surface area (Å²) >= 11 is 0. The predicted molar refractivity (Wildman–Crippen MR) is 73.1 cm³/mol. The van der Waals surface area contributed by atoms with E-state index < -0.39 is 6.04 Å². The van der Waals surface area contributed by atoms with Crippen molar-refractivity contribution in [3.05, 3.63) is 29.3 Å². The van der Waals surface area contributed by atoms with Crippen LogP contribution in [-0.4, -0.2) is 24.5 Å². The van der Waals surface area contributed by atoms with E-state index >= 15 is 0 Å². The minimum Gasteiger partial charge on any atom is -0.464 e. The Balaban J connectivity index is 2.36. The van der Waals surface area contributed by atoms with E-state index in [1.54, 1.807) is 11.8 Å². The molecule has 1 atom stereocenters. The Kier molecular flexibility index (Phi) is 3.88. The van der Waals surface area contributed by atoms with Crippen molar-refractivity contribution in [2.45, 2.75) is 39.7 Å². The van der Waals surface area contributed by atoms with Crippen LogP contribution in [0.2, 0.25) is 0 Å². The first kappa shape index (κ1) is 13.6. The number of carbonyl (C=O) groups is 2. The second kappa shape index (κ2) is 5.43. The second-order valence-electron chi connectivity index (χ2n) is 4.86. The Morgan fingerprint density at radius 1 is 1.42 bits per heavy atom. The summed E-state index contributed by atoms with van der Waals surface area (Å²) in [6, 6.07) is 5.44.